The van der Waals surface area contributed by atoms with Crippen LogP contribution < -0.4 is 0 Å². The molecule has 0 N–H and O–H groups in total. The van der Waals surface area contributed by atoms with Gasteiger partial charge in [-0.1, -0.05) is 0 Å². The Morgan fingerprint density at radius 2 is 1.75 bits per heavy atom. The first-order chi connectivity index (χ1) is 5.46. The second kappa shape index (κ2) is 3.56. The molecule has 0 aliphatic carbocycles. The van der Waals surface area contributed by atoms with Crippen molar-refractivity contribution in [2.75, 3.05) is 32.6 Å². The van der Waals surface area contributed by atoms with Crippen molar-refractivity contribution in [3.8, 4) is 0 Å². The first kappa shape index (κ1) is 10.4. The summed E-state index contributed by atoms with van der Waals surface area (Å²) < 4.78 is 5.17. The highest BCUT2D eigenvalue weighted by Gasteiger charge is 2.30. The Kier molecular flexibility index (Phi) is 3.07. The summed E-state index contributed by atoms with van der Waals surface area (Å²) in [5.74, 6) is 0. The largest absolute Gasteiger partial charge is 0.259 e. The molecule has 2 nitrogen and oxygen atoms in total. The molecule has 3 heteroatoms. The van der Waals surface area contributed by atoms with Gasteiger partial charge in [-0.3, -0.25) is 8.61 Å². The number of nitrogens with zero attached hydrogens (tertiary/aromatic N) is 2. The van der Waals surface area contributed by atoms with Gasteiger partial charge < -0.3 is 0 Å². The Morgan fingerprint density at radius 1 is 1.17 bits per heavy atom. The molecule has 1 fully saturated rings. The fraction of sp³-hybridized carbons (Fsp3) is 1.00. The van der Waals surface area contributed by atoms with Crippen LogP contribution in [0.4, 0.5) is 0 Å². The van der Waals surface area contributed by atoms with Crippen molar-refractivity contribution >= 4 is 10.4 Å². The summed E-state index contributed by atoms with van der Waals surface area (Å²) in [5.41, 5.74) is 0. The first-order valence-corrected chi connectivity index (χ1v) is 7.04. The van der Waals surface area contributed by atoms with Crippen molar-refractivity contribution in [2.45, 2.75) is 26.3 Å². The molecule has 0 amide bonds. The predicted molar refractivity (Wildman–Crippen MR) is 58.5 cm³/mol. The molecule has 1 saturated heterocycles. The lowest BCUT2D eigenvalue weighted by atomic mass is 10.3. The average Bonchev–Trinajstić information content (AvgIpc) is 1.94. The highest BCUT2D eigenvalue weighted by Crippen LogP contribution is 2.50. The molecule has 1 aliphatic rings. The molecule has 0 radical (unpaired) electrons. The van der Waals surface area contributed by atoms with Crippen LogP contribution in [0, 0.1) is 0 Å². The maximum atomic E-state index is 2.65. The van der Waals surface area contributed by atoms with Crippen molar-refractivity contribution in [1.29, 1.82) is 0 Å². The second-order valence-corrected chi connectivity index (χ2v) is 7.69. The molecule has 1 aliphatic heterocycles. The minimum atomic E-state index is -0.635. The number of rotatable bonds is 1. The minimum Gasteiger partial charge on any atom is -0.259 e. The molecule has 0 aromatic carbocycles. The predicted octanol–water partition coefficient (Wildman–Crippen LogP) is 1.93. The summed E-state index contributed by atoms with van der Waals surface area (Å²) in [4.78, 5) is 0. The zero-order chi connectivity index (χ0) is 9.35. The Hall–Kier alpha value is 0.270. The van der Waals surface area contributed by atoms with Crippen LogP contribution in [-0.4, -0.2) is 47.3 Å². The molecule has 1 heterocycles. The van der Waals surface area contributed by atoms with Crippen LogP contribution in [0.2, 0.25) is 0 Å². The Bertz CT molecular complexity index is 157. The minimum absolute atomic E-state index is 0.635. The molecular formula is C9H22N2S. The highest BCUT2D eigenvalue weighted by molar-refractivity contribution is 8.28. The Morgan fingerprint density at radius 3 is 2.17 bits per heavy atom. The van der Waals surface area contributed by atoms with Gasteiger partial charge >= 0.3 is 0 Å². The molecule has 0 saturated carbocycles. The third kappa shape index (κ3) is 1.78. The Labute approximate surface area is 78.5 Å². The smallest absolute Gasteiger partial charge is 0.0141 e. The van der Waals surface area contributed by atoms with Gasteiger partial charge in [-0.15, -0.1) is 10.4 Å². The lowest BCUT2D eigenvalue weighted by Gasteiger charge is -2.54. The van der Waals surface area contributed by atoms with Gasteiger partial charge in [0.05, 0.1) is 0 Å². The van der Waals surface area contributed by atoms with Crippen LogP contribution in [0.5, 0.6) is 0 Å². The van der Waals surface area contributed by atoms with Gasteiger partial charge in [-0.05, 0) is 39.8 Å². The van der Waals surface area contributed by atoms with Gasteiger partial charge in [0, 0.05) is 19.1 Å². The van der Waals surface area contributed by atoms with E-state index < -0.39 is 10.4 Å². The highest BCUT2D eigenvalue weighted by atomic mass is 32.3. The van der Waals surface area contributed by atoms with E-state index in [1.807, 2.05) is 0 Å². The third-order valence-corrected chi connectivity index (χ3v) is 6.22. The maximum absolute atomic E-state index is 2.65. The summed E-state index contributed by atoms with van der Waals surface area (Å²) >= 11 is 0. The zero-order valence-electron chi connectivity index (χ0n) is 9.00. The molecule has 12 heavy (non-hydrogen) atoms. The number of hydrogen-bond donors (Lipinski definition) is 0. The van der Waals surface area contributed by atoms with E-state index in [1.54, 1.807) is 0 Å². The van der Waals surface area contributed by atoms with Crippen LogP contribution in [-0.2, 0) is 0 Å². The second-order valence-electron chi connectivity index (χ2n) is 4.16. The summed E-state index contributed by atoms with van der Waals surface area (Å²) in [6.07, 6.45) is 6.11. The third-order valence-electron chi connectivity index (χ3n) is 2.76. The molecule has 0 atom stereocenters. The molecule has 74 valence electrons. The van der Waals surface area contributed by atoms with Crippen molar-refractivity contribution in [1.82, 2.24) is 8.61 Å². The van der Waals surface area contributed by atoms with Crippen molar-refractivity contribution in [3.05, 3.63) is 0 Å². The lowest BCUT2D eigenvalue weighted by molar-refractivity contribution is 0.313. The van der Waals surface area contributed by atoms with Crippen molar-refractivity contribution in [3.63, 3.8) is 0 Å². The normalized spacial score (nSPS) is 29.2. The van der Waals surface area contributed by atoms with Gasteiger partial charge in [0.15, 0.2) is 0 Å². The summed E-state index contributed by atoms with van der Waals surface area (Å²) in [6.45, 7) is 7.15. The van der Waals surface area contributed by atoms with Crippen LogP contribution in [0.15, 0.2) is 0 Å². The van der Waals surface area contributed by atoms with E-state index in [4.69, 9.17) is 0 Å². The van der Waals surface area contributed by atoms with Gasteiger partial charge in [0.2, 0.25) is 0 Å². The first-order valence-electron chi connectivity index (χ1n) is 4.67. The van der Waals surface area contributed by atoms with E-state index in [2.05, 4.69) is 42.0 Å². The van der Waals surface area contributed by atoms with Gasteiger partial charge in [0.1, 0.15) is 0 Å². The fourth-order valence-electron chi connectivity index (χ4n) is 1.85. The monoisotopic (exact) mass is 190 g/mol. The number of hydrogen-bond acceptors (Lipinski definition) is 2. The van der Waals surface area contributed by atoms with E-state index >= 15 is 0 Å². The van der Waals surface area contributed by atoms with E-state index in [-0.39, 0.29) is 0 Å². The Balaban J connectivity index is 2.72. The lowest BCUT2D eigenvalue weighted by Crippen LogP contribution is -2.46. The van der Waals surface area contributed by atoms with E-state index in [1.165, 1.54) is 19.5 Å². The van der Waals surface area contributed by atoms with E-state index in [9.17, 15) is 0 Å². The molecule has 0 bridgehead atoms. The zero-order valence-corrected chi connectivity index (χ0v) is 9.82. The molecule has 0 aromatic rings. The van der Waals surface area contributed by atoms with E-state index in [0.29, 0.717) is 6.04 Å². The van der Waals surface area contributed by atoms with E-state index in [0.717, 1.165) is 0 Å². The van der Waals surface area contributed by atoms with Crippen LogP contribution in [0.25, 0.3) is 0 Å². The molecule has 0 aromatic heterocycles. The molecule has 0 unspecified atom stereocenters. The molecule has 1 rings (SSSR count). The van der Waals surface area contributed by atoms with Crippen molar-refractivity contribution < 1.29 is 0 Å². The van der Waals surface area contributed by atoms with Gasteiger partial charge in [-0.2, -0.15) is 0 Å². The van der Waals surface area contributed by atoms with Crippen LogP contribution in [0.3, 0.4) is 0 Å². The van der Waals surface area contributed by atoms with Crippen molar-refractivity contribution in [2.24, 2.45) is 0 Å². The quantitative estimate of drug-likeness (QED) is 0.623. The molecule has 0 spiro atoms. The summed E-state index contributed by atoms with van der Waals surface area (Å²) in [7, 11) is 1.62. The summed E-state index contributed by atoms with van der Waals surface area (Å²) in [5, 5.41) is 0. The van der Waals surface area contributed by atoms with Gasteiger partial charge in [-0.25, -0.2) is 0 Å². The molecular weight excluding hydrogens is 168 g/mol. The van der Waals surface area contributed by atoms with Crippen LogP contribution in [0.1, 0.15) is 20.3 Å². The summed E-state index contributed by atoms with van der Waals surface area (Å²) in [6, 6.07) is 0.692. The fourth-order valence-corrected chi connectivity index (χ4v) is 4.39. The average molecular weight is 190 g/mol. The standard InChI is InChI=1S/C9H22N2S/c1-9(2)11-8-6-7-10(3)12(11,4)5/h9H,6-8H2,1-5H3. The van der Waals surface area contributed by atoms with Gasteiger partial charge in [0.25, 0.3) is 0 Å². The van der Waals surface area contributed by atoms with Crippen LogP contribution >= 0.6 is 10.4 Å². The maximum Gasteiger partial charge on any atom is 0.0141 e. The topological polar surface area (TPSA) is 6.48 Å². The SMILES string of the molecule is CC(C)N1CCCN(C)S1(C)C.